The van der Waals surface area contributed by atoms with Gasteiger partial charge >= 0.3 is 0 Å². The van der Waals surface area contributed by atoms with Crippen LogP contribution in [0.3, 0.4) is 0 Å². The van der Waals surface area contributed by atoms with Gasteiger partial charge in [-0.15, -0.1) is 0 Å². The molecule has 0 fully saturated rings. The molecular weight excluding hydrogens is 765 g/mol. The first-order valence-corrected chi connectivity index (χ1v) is 21.5. The van der Waals surface area contributed by atoms with Crippen molar-refractivity contribution in [1.29, 1.82) is 0 Å². The number of nitrogens with zero attached hydrogens (tertiary/aromatic N) is 2. The van der Waals surface area contributed by atoms with Crippen LogP contribution in [0.25, 0.3) is 93.9 Å². The highest BCUT2D eigenvalue weighted by molar-refractivity contribution is 6.11. The van der Waals surface area contributed by atoms with Crippen molar-refractivity contribution >= 4 is 60.8 Å². The van der Waals surface area contributed by atoms with Gasteiger partial charge in [-0.05, 0) is 136 Å². The fraction of sp³-hybridized carbons (Fsp3) is 0. The van der Waals surface area contributed by atoms with Crippen molar-refractivity contribution in [2.24, 2.45) is 0 Å². The lowest BCUT2D eigenvalue weighted by molar-refractivity contribution is 0.669. The molecule has 12 rings (SSSR count). The van der Waals surface area contributed by atoms with Crippen LogP contribution in [0, 0.1) is 0 Å². The molecule has 0 aliphatic carbocycles. The zero-order valence-corrected chi connectivity index (χ0v) is 34.4. The van der Waals surface area contributed by atoms with E-state index in [1.807, 2.05) is 12.1 Å². The first kappa shape index (κ1) is 36.5. The maximum Gasteiger partial charge on any atom is 0.136 e. The Hall–Kier alpha value is -8.40. The maximum absolute atomic E-state index is 6.46. The maximum atomic E-state index is 6.46. The Morgan fingerprint density at radius 1 is 0.270 bits per heavy atom. The third-order valence-corrected chi connectivity index (χ3v) is 12.4. The number of rotatable bonds is 8. The summed E-state index contributed by atoms with van der Waals surface area (Å²) in [5.41, 5.74) is 17.7. The molecule has 0 unspecified atom stereocenters. The molecule has 2 aromatic heterocycles. The van der Waals surface area contributed by atoms with E-state index in [1.165, 1.54) is 44.1 Å². The molecule has 0 aliphatic heterocycles. The van der Waals surface area contributed by atoms with Crippen molar-refractivity contribution in [1.82, 2.24) is 4.57 Å². The van der Waals surface area contributed by atoms with E-state index in [0.29, 0.717) is 0 Å². The minimum Gasteiger partial charge on any atom is -0.456 e. The molecule has 0 radical (unpaired) electrons. The van der Waals surface area contributed by atoms with Crippen LogP contribution in [-0.2, 0) is 0 Å². The van der Waals surface area contributed by atoms with E-state index in [2.05, 4.69) is 240 Å². The van der Waals surface area contributed by atoms with Crippen molar-refractivity contribution in [2.45, 2.75) is 0 Å². The Morgan fingerprint density at radius 2 is 0.746 bits per heavy atom. The second-order valence-corrected chi connectivity index (χ2v) is 16.2. The third-order valence-electron chi connectivity index (χ3n) is 12.4. The smallest absolute Gasteiger partial charge is 0.136 e. The molecule has 10 aromatic carbocycles. The van der Waals surface area contributed by atoms with Crippen LogP contribution in [0.5, 0.6) is 0 Å². The lowest BCUT2D eigenvalue weighted by Crippen LogP contribution is -2.10. The number of furan rings is 1. The van der Waals surface area contributed by atoms with E-state index in [0.717, 1.165) is 66.9 Å². The summed E-state index contributed by atoms with van der Waals surface area (Å²) in [7, 11) is 0. The largest absolute Gasteiger partial charge is 0.456 e. The van der Waals surface area contributed by atoms with Gasteiger partial charge in [0.1, 0.15) is 11.2 Å². The van der Waals surface area contributed by atoms with E-state index in [4.69, 9.17) is 4.42 Å². The first-order valence-electron chi connectivity index (χ1n) is 21.5. The lowest BCUT2D eigenvalue weighted by Gasteiger charge is -2.27. The van der Waals surface area contributed by atoms with Gasteiger partial charge in [-0.2, -0.15) is 0 Å². The average Bonchev–Trinajstić information content (AvgIpc) is 3.90. The molecular formula is C60H40N2O. The fourth-order valence-electron chi connectivity index (χ4n) is 9.30. The number of benzene rings is 10. The number of hydrogen-bond donors (Lipinski definition) is 0. The number of aromatic nitrogens is 1. The van der Waals surface area contributed by atoms with Gasteiger partial charge in [-0.3, -0.25) is 0 Å². The number of anilines is 3. The summed E-state index contributed by atoms with van der Waals surface area (Å²) in [6, 6.07) is 87.3. The van der Waals surface area contributed by atoms with Gasteiger partial charge in [0, 0.05) is 44.3 Å². The highest BCUT2D eigenvalue weighted by atomic mass is 16.3. The number of para-hydroxylation sites is 3. The average molecular weight is 805 g/mol. The molecule has 296 valence electrons. The third kappa shape index (κ3) is 6.55. The summed E-state index contributed by atoms with van der Waals surface area (Å²) in [4.78, 5) is 2.38. The standard InChI is InChI=1S/C60H40N2O/c1-4-14-41(15-5-1)43-24-30-50(31-25-43)61(51-32-26-44(27-33-51)42-16-6-2-7-17-42)52-37-47(36-48(38-52)46-28-34-55-54-21-11-13-23-59(54)63-60(55)40-46)45-29-35-58-56(39-45)53-20-10-12-22-57(53)62(58)49-18-8-3-9-19-49/h1-40H. The zero-order valence-electron chi connectivity index (χ0n) is 34.4. The molecule has 3 nitrogen and oxygen atoms in total. The van der Waals surface area contributed by atoms with Crippen molar-refractivity contribution in [3.63, 3.8) is 0 Å². The minimum absolute atomic E-state index is 0.876. The lowest BCUT2D eigenvalue weighted by atomic mass is 9.95. The SMILES string of the molecule is c1ccc(-c2ccc(N(c3ccc(-c4ccccc4)cc3)c3cc(-c4ccc5c(c4)oc4ccccc45)cc(-c4ccc5c(c4)c4ccccc4n5-c4ccccc4)c3)cc2)cc1. The Kier molecular flexibility index (Phi) is 8.83. The van der Waals surface area contributed by atoms with Gasteiger partial charge in [0.2, 0.25) is 0 Å². The van der Waals surface area contributed by atoms with Gasteiger partial charge in [0.15, 0.2) is 0 Å². The summed E-state index contributed by atoms with van der Waals surface area (Å²) < 4.78 is 8.83. The van der Waals surface area contributed by atoms with E-state index >= 15 is 0 Å². The highest BCUT2D eigenvalue weighted by Gasteiger charge is 2.19. The van der Waals surface area contributed by atoms with E-state index in [-0.39, 0.29) is 0 Å². The number of hydrogen-bond acceptors (Lipinski definition) is 2. The van der Waals surface area contributed by atoms with Gasteiger partial charge in [0.25, 0.3) is 0 Å². The molecule has 0 amide bonds. The van der Waals surface area contributed by atoms with Gasteiger partial charge in [-0.1, -0.05) is 152 Å². The molecule has 63 heavy (non-hydrogen) atoms. The quantitative estimate of drug-likeness (QED) is 0.153. The second kappa shape index (κ2) is 15.3. The molecule has 0 aliphatic rings. The predicted octanol–water partition coefficient (Wildman–Crippen LogP) is 16.8. The van der Waals surface area contributed by atoms with Gasteiger partial charge in [-0.25, -0.2) is 0 Å². The van der Waals surface area contributed by atoms with E-state index in [1.54, 1.807) is 0 Å². The van der Waals surface area contributed by atoms with Crippen molar-refractivity contribution in [2.75, 3.05) is 4.90 Å². The molecule has 12 aromatic rings. The molecule has 0 saturated heterocycles. The Balaban J connectivity index is 1.07. The normalized spacial score (nSPS) is 11.5. The van der Waals surface area contributed by atoms with Crippen LogP contribution in [0.2, 0.25) is 0 Å². The highest BCUT2D eigenvalue weighted by Crippen LogP contribution is 2.43. The molecule has 0 N–H and O–H groups in total. The summed E-state index contributed by atoms with van der Waals surface area (Å²) in [6.45, 7) is 0. The van der Waals surface area contributed by atoms with Crippen LogP contribution in [0.1, 0.15) is 0 Å². The van der Waals surface area contributed by atoms with Crippen LogP contribution in [0.4, 0.5) is 17.1 Å². The molecule has 0 bridgehead atoms. The van der Waals surface area contributed by atoms with Crippen molar-refractivity contribution in [3.05, 3.63) is 243 Å². The van der Waals surface area contributed by atoms with E-state index < -0.39 is 0 Å². The Morgan fingerprint density at radius 3 is 1.40 bits per heavy atom. The zero-order chi connectivity index (χ0) is 41.7. The van der Waals surface area contributed by atoms with Crippen LogP contribution >= 0.6 is 0 Å². The summed E-state index contributed by atoms with van der Waals surface area (Å²) in [5.74, 6) is 0. The molecule has 0 saturated carbocycles. The van der Waals surface area contributed by atoms with Crippen molar-refractivity contribution < 1.29 is 4.42 Å². The molecule has 0 spiro atoms. The van der Waals surface area contributed by atoms with Crippen molar-refractivity contribution in [3.8, 4) is 50.2 Å². The summed E-state index contributed by atoms with van der Waals surface area (Å²) in [5, 5.41) is 4.68. The minimum atomic E-state index is 0.876. The van der Waals surface area contributed by atoms with Gasteiger partial charge in [0.05, 0.1) is 11.0 Å². The fourth-order valence-corrected chi connectivity index (χ4v) is 9.30. The van der Waals surface area contributed by atoms with Gasteiger partial charge < -0.3 is 13.9 Å². The summed E-state index contributed by atoms with van der Waals surface area (Å²) in [6.07, 6.45) is 0. The summed E-state index contributed by atoms with van der Waals surface area (Å²) >= 11 is 0. The second-order valence-electron chi connectivity index (χ2n) is 16.2. The first-order chi connectivity index (χ1) is 31.2. The van der Waals surface area contributed by atoms with Crippen LogP contribution in [0.15, 0.2) is 247 Å². The Labute approximate surface area is 366 Å². The molecule has 0 atom stereocenters. The topological polar surface area (TPSA) is 21.3 Å². The van der Waals surface area contributed by atoms with Crippen LogP contribution in [-0.4, -0.2) is 4.57 Å². The van der Waals surface area contributed by atoms with E-state index in [9.17, 15) is 0 Å². The number of fused-ring (bicyclic) bond motifs is 6. The Bertz CT molecular complexity index is 3500. The molecule has 2 heterocycles. The van der Waals surface area contributed by atoms with Crippen LogP contribution < -0.4 is 4.90 Å². The monoisotopic (exact) mass is 804 g/mol. The molecule has 3 heteroatoms. The predicted molar refractivity (Wildman–Crippen MR) is 264 cm³/mol.